The largest absolute Gasteiger partial charge is 0.409 e. The first kappa shape index (κ1) is 13.5. The van der Waals surface area contributed by atoms with Crippen LogP contribution in [0.25, 0.3) is 0 Å². The van der Waals surface area contributed by atoms with E-state index in [2.05, 4.69) is 10.5 Å². The third-order valence-electron chi connectivity index (χ3n) is 2.30. The maximum absolute atomic E-state index is 11.6. The van der Waals surface area contributed by atoms with Gasteiger partial charge in [0.15, 0.2) is 0 Å². The molecule has 0 spiro atoms. The van der Waals surface area contributed by atoms with Crippen molar-refractivity contribution in [3.8, 4) is 0 Å². The fourth-order valence-electron chi connectivity index (χ4n) is 1.46. The van der Waals surface area contributed by atoms with Gasteiger partial charge in [0.25, 0.3) is 0 Å². The second kappa shape index (κ2) is 6.24. The molecule has 0 bridgehead atoms. The van der Waals surface area contributed by atoms with E-state index >= 15 is 0 Å². The Morgan fingerprint density at radius 2 is 2.35 bits per heavy atom. The molecule has 0 saturated heterocycles. The highest BCUT2D eigenvalue weighted by atomic mass is 32.1. The second-order valence-electron chi connectivity index (χ2n) is 4.07. The first-order chi connectivity index (χ1) is 8.04. The lowest BCUT2D eigenvalue weighted by molar-refractivity contribution is -0.121. The van der Waals surface area contributed by atoms with Gasteiger partial charge in [-0.1, -0.05) is 25.1 Å². The Morgan fingerprint density at radius 3 is 2.82 bits per heavy atom. The number of rotatable bonds is 5. The van der Waals surface area contributed by atoms with Crippen molar-refractivity contribution < 1.29 is 10.0 Å². The van der Waals surface area contributed by atoms with Gasteiger partial charge in [-0.2, -0.15) is 0 Å². The molecule has 1 aromatic heterocycles. The molecule has 0 aliphatic rings. The number of carbonyl (C=O) groups excluding carboxylic acids is 1. The third-order valence-corrected chi connectivity index (χ3v) is 3.26. The number of carbonyl (C=O) groups is 1. The van der Waals surface area contributed by atoms with Crippen molar-refractivity contribution in [3.05, 3.63) is 22.4 Å². The number of hydrogen-bond donors (Lipinski definition) is 3. The molecule has 1 aromatic rings. The SMILES string of the molecule is CC(C)C(NC(=O)C/C(N)=N/O)c1cccs1. The first-order valence-corrected chi connectivity index (χ1v) is 6.21. The normalized spacial score (nSPS) is 13.7. The Bertz CT molecular complexity index is 387. The number of amides is 1. The Balaban J connectivity index is 2.66. The van der Waals surface area contributed by atoms with Crippen LogP contribution in [-0.2, 0) is 4.79 Å². The summed E-state index contributed by atoms with van der Waals surface area (Å²) in [4.78, 5) is 12.7. The highest BCUT2D eigenvalue weighted by molar-refractivity contribution is 7.10. The number of nitrogens with two attached hydrogens (primary N) is 1. The van der Waals surface area contributed by atoms with Gasteiger partial charge in [-0.3, -0.25) is 4.79 Å². The number of oxime groups is 1. The van der Waals surface area contributed by atoms with Gasteiger partial charge in [-0.15, -0.1) is 11.3 Å². The van der Waals surface area contributed by atoms with Crippen LogP contribution in [-0.4, -0.2) is 17.0 Å². The predicted octanol–water partition coefficient (Wildman–Crippen LogP) is 1.70. The van der Waals surface area contributed by atoms with Gasteiger partial charge < -0.3 is 16.3 Å². The summed E-state index contributed by atoms with van der Waals surface area (Å²) in [5.41, 5.74) is 5.29. The molecule has 0 fully saturated rings. The Morgan fingerprint density at radius 1 is 1.65 bits per heavy atom. The smallest absolute Gasteiger partial charge is 0.228 e. The predicted molar refractivity (Wildman–Crippen MR) is 68.1 cm³/mol. The molecule has 17 heavy (non-hydrogen) atoms. The molecule has 1 amide bonds. The van der Waals surface area contributed by atoms with Crippen LogP contribution in [0.5, 0.6) is 0 Å². The van der Waals surface area contributed by atoms with Gasteiger partial charge in [-0.05, 0) is 17.4 Å². The van der Waals surface area contributed by atoms with Crippen LogP contribution < -0.4 is 11.1 Å². The molecule has 6 heteroatoms. The molecule has 0 radical (unpaired) electrons. The molecule has 4 N–H and O–H groups in total. The highest BCUT2D eigenvalue weighted by Crippen LogP contribution is 2.25. The van der Waals surface area contributed by atoms with Crippen molar-refractivity contribution >= 4 is 23.1 Å². The number of amidine groups is 1. The maximum atomic E-state index is 11.6. The maximum Gasteiger partial charge on any atom is 0.228 e. The summed E-state index contributed by atoms with van der Waals surface area (Å²) in [7, 11) is 0. The molecule has 0 saturated carbocycles. The van der Waals surface area contributed by atoms with Crippen molar-refractivity contribution in [2.75, 3.05) is 0 Å². The van der Waals surface area contributed by atoms with Crippen LogP contribution in [0.4, 0.5) is 0 Å². The van der Waals surface area contributed by atoms with Gasteiger partial charge in [0.1, 0.15) is 5.84 Å². The van der Waals surface area contributed by atoms with E-state index in [1.165, 1.54) is 0 Å². The van der Waals surface area contributed by atoms with Crippen molar-refractivity contribution in [1.29, 1.82) is 0 Å². The average Bonchev–Trinajstić information content (AvgIpc) is 2.78. The molecule has 1 heterocycles. The Labute approximate surface area is 104 Å². The molecule has 1 atom stereocenters. The second-order valence-corrected chi connectivity index (χ2v) is 5.05. The van der Waals surface area contributed by atoms with Crippen LogP contribution >= 0.6 is 11.3 Å². The van der Waals surface area contributed by atoms with Crippen molar-refractivity contribution in [2.24, 2.45) is 16.8 Å². The summed E-state index contributed by atoms with van der Waals surface area (Å²) in [6.45, 7) is 4.07. The van der Waals surface area contributed by atoms with Crippen molar-refractivity contribution in [3.63, 3.8) is 0 Å². The fraction of sp³-hybridized carbons (Fsp3) is 0.455. The number of nitrogens with zero attached hydrogens (tertiary/aromatic N) is 1. The molecule has 94 valence electrons. The summed E-state index contributed by atoms with van der Waals surface area (Å²) < 4.78 is 0. The third kappa shape index (κ3) is 4.07. The van der Waals surface area contributed by atoms with Gasteiger partial charge in [0, 0.05) is 4.88 Å². The molecule has 0 aliphatic carbocycles. The van der Waals surface area contributed by atoms with E-state index in [9.17, 15) is 4.79 Å². The van der Waals surface area contributed by atoms with E-state index in [4.69, 9.17) is 10.9 Å². The standard InChI is InChI=1S/C11H17N3O2S/c1-7(2)11(8-4-3-5-17-8)13-10(15)6-9(12)14-16/h3-5,7,11,16H,6H2,1-2H3,(H2,12,14)(H,13,15). The lowest BCUT2D eigenvalue weighted by Crippen LogP contribution is -2.34. The first-order valence-electron chi connectivity index (χ1n) is 5.33. The van der Waals surface area contributed by atoms with E-state index in [1.807, 2.05) is 31.4 Å². The van der Waals surface area contributed by atoms with E-state index in [0.717, 1.165) is 4.88 Å². The lowest BCUT2D eigenvalue weighted by atomic mass is 10.0. The molecule has 1 unspecified atom stereocenters. The monoisotopic (exact) mass is 255 g/mol. The lowest BCUT2D eigenvalue weighted by Gasteiger charge is -2.21. The molecule has 1 rings (SSSR count). The summed E-state index contributed by atoms with van der Waals surface area (Å²) in [5.74, 6) is -0.0477. The van der Waals surface area contributed by atoms with Gasteiger partial charge in [0.05, 0.1) is 12.5 Å². The Hall–Kier alpha value is -1.56. The van der Waals surface area contributed by atoms with E-state index in [0.29, 0.717) is 0 Å². The summed E-state index contributed by atoms with van der Waals surface area (Å²) in [6.07, 6.45) is -0.0922. The van der Waals surface area contributed by atoms with Crippen LogP contribution in [0, 0.1) is 5.92 Å². The zero-order valence-electron chi connectivity index (χ0n) is 9.88. The van der Waals surface area contributed by atoms with E-state index < -0.39 is 0 Å². The van der Waals surface area contributed by atoms with Gasteiger partial charge >= 0.3 is 0 Å². The van der Waals surface area contributed by atoms with Crippen LogP contribution in [0.3, 0.4) is 0 Å². The number of nitrogens with one attached hydrogen (secondary N) is 1. The van der Waals surface area contributed by atoms with Gasteiger partial charge in [-0.25, -0.2) is 0 Å². The van der Waals surface area contributed by atoms with Crippen LogP contribution in [0.15, 0.2) is 22.7 Å². The van der Waals surface area contributed by atoms with E-state index in [-0.39, 0.29) is 30.1 Å². The van der Waals surface area contributed by atoms with Crippen LogP contribution in [0.2, 0.25) is 0 Å². The zero-order chi connectivity index (χ0) is 12.8. The van der Waals surface area contributed by atoms with Crippen molar-refractivity contribution in [1.82, 2.24) is 5.32 Å². The van der Waals surface area contributed by atoms with Gasteiger partial charge in [0.2, 0.25) is 5.91 Å². The van der Waals surface area contributed by atoms with E-state index in [1.54, 1.807) is 11.3 Å². The minimum Gasteiger partial charge on any atom is -0.409 e. The summed E-state index contributed by atoms with van der Waals surface area (Å²) in [5, 5.41) is 16.0. The summed E-state index contributed by atoms with van der Waals surface area (Å²) in [6, 6.07) is 3.90. The van der Waals surface area contributed by atoms with Crippen molar-refractivity contribution in [2.45, 2.75) is 26.3 Å². The highest BCUT2D eigenvalue weighted by Gasteiger charge is 2.19. The zero-order valence-corrected chi connectivity index (χ0v) is 10.7. The minimum atomic E-state index is -0.243. The molecular weight excluding hydrogens is 238 g/mol. The topological polar surface area (TPSA) is 87.7 Å². The van der Waals surface area contributed by atoms with Crippen LogP contribution in [0.1, 0.15) is 31.2 Å². The summed E-state index contributed by atoms with van der Waals surface area (Å²) >= 11 is 1.60. The molecule has 0 aliphatic heterocycles. The number of hydrogen-bond acceptors (Lipinski definition) is 4. The molecule has 0 aromatic carbocycles. The number of thiophene rings is 1. The Kier molecular flexibility index (Phi) is 4.96. The average molecular weight is 255 g/mol. The quantitative estimate of drug-likeness (QED) is 0.324. The fourth-order valence-corrected chi connectivity index (χ4v) is 2.41. The minimum absolute atomic E-state index is 0.0333. The molecule has 5 nitrogen and oxygen atoms in total. The molecular formula is C11H17N3O2S.